The van der Waals surface area contributed by atoms with Crippen LogP contribution in [0.1, 0.15) is 38.4 Å². The van der Waals surface area contributed by atoms with Crippen LogP contribution in [0.5, 0.6) is 0 Å². The van der Waals surface area contributed by atoms with Gasteiger partial charge in [-0.15, -0.1) is 0 Å². The van der Waals surface area contributed by atoms with E-state index in [1.807, 2.05) is 6.07 Å². The van der Waals surface area contributed by atoms with E-state index in [-0.39, 0.29) is 17.7 Å². The highest BCUT2D eigenvalue weighted by atomic mass is 16.3. The van der Waals surface area contributed by atoms with Crippen molar-refractivity contribution in [3.05, 3.63) is 24.2 Å². The Morgan fingerprint density at radius 1 is 1.42 bits per heavy atom. The van der Waals surface area contributed by atoms with E-state index in [1.54, 1.807) is 12.3 Å². The lowest BCUT2D eigenvalue weighted by Crippen LogP contribution is -2.49. The van der Waals surface area contributed by atoms with E-state index in [9.17, 15) is 9.59 Å². The summed E-state index contributed by atoms with van der Waals surface area (Å²) < 4.78 is 5.17. The minimum absolute atomic E-state index is 0.126. The number of hydrogen-bond donors (Lipinski definition) is 2. The Morgan fingerprint density at radius 3 is 2.74 bits per heavy atom. The van der Waals surface area contributed by atoms with E-state index in [0.717, 1.165) is 25.7 Å². The highest BCUT2D eigenvalue weighted by Crippen LogP contribution is 2.27. The van der Waals surface area contributed by atoms with Gasteiger partial charge in [0, 0.05) is 6.92 Å². The van der Waals surface area contributed by atoms with Crippen molar-refractivity contribution in [2.45, 2.75) is 45.2 Å². The molecule has 2 N–H and O–H groups in total. The Hall–Kier alpha value is -1.78. The number of nitrogens with one attached hydrogen (secondary N) is 2. The number of carbonyl (C=O) groups is 2. The second-order valence-electron chi connectivity index (χ2n) is 5.02. The molecule has 1 heterocycles. The topological polar surface area (TPSA) is 71.3 Å². The molecule has 1 saturated carbocycles. The van der Waals surface area contributed by atoms with Gasteiger partial charge in [-0.2, -0.15) is 0 Å². The van der Waals surface area contributed by atoms with Crippen molar-refractivity contribution < 1.29 is 14.0 Å². The normalized spacial score (nSPS) is 17.1. The van der Waals surface area contributed by atoms with Crippen molar-refractivity contribution in [3.63, 3.8) is 0 Å². The number of hydrogen-bond acceptors (Lipinski definition) is 3. The van der Waals surface area contributed by atoms with Crippen LogP contribution < -0.4 is 10.6 Å². The van der Waals surface area contributed by atoms with Gasteiger partial charge in [0.05, 0.1) is 12.8 Å². The van der Waals surface area contributed by atoms with Crippen LogP contribution in [-0.2, 0) is 16.1 Å². The summed E-state index contributed by atoms with van der Waals surface area (Å²) in [5.74, 6) is 0.672. The fourth-order valence-corrected chi connectivity index (χ4v) is 2.60. The highest BCUT2D eigenvalue weighted by molar-refractivity contribution is 5.87. The maximum atomic E-state index is 12.2. The first kappa shape index (κ1) is 13.6. The van der Waals surface area contributed by atoms with E-state index < -0.39 is 6.04 Å². The SMILES string of the molecule is CC(=O)N[C@@H](C(=O)NCc1ccco1)C1CCCC1. The molecule has 2 rings (SSSR count). The van der Waals surface area contributed by atoms with Crippen LogP contribution in [0.2, 0.25) is 0 Å². The van der Waals surface area contributed by atoms with Crippen molar-refractivity contribution in [3.8, 4) is 0 Å². The van der Waals surface area contributed by atoms with Crippen LogP contribution in [0.3, 0.4) is 0 Å². The first-order valence-corrected chi connectivity index (χ1v) is 6.74. The predicted molar refractivity (Wildman–Crippen MR) is 70.1 cm³/mol. The minimum atomic E-state index is -0.421. The first-order chi connectivity index (χ1) is 9.16. The van der Waals surface area contributed by atoms with Gasteiger partial charge in [-0.3, -0.25) is 9.59 Å². The Morgan fingerprint density at radius 2 is 2.16 bits per heavy atom. The lowest BCUT2D eigenvalue weighted by atomic mass is 9.97. The van der Waals surface area contributed by atoms with Crippen molar-refractivity contribution in [1.82, 2.24) is 10.6 Å². The van der Waals surface area contributed by atoms with Crippen LogP contribution in [-0.4, -0.2) is 17.9 Å². The molecule has 0 radical (unpaired) electrons. The van der Waals surface area contributed by atoms with E-state index in [1.165, 1.54) is 6.92 Å². The molecule has 0 bridgehead atoms. The minimum Gasteiger partial charge on any atom is -0.467 e. The molecular weight excluding hydrogens is 244 g/mol. The predicted octanol–water partition coefficient (Wildman–Crippen LogP) is 1.59. The maximum Gasteiger partial charge on any atom is 0.243 e. The average Bonchev–Trinajstić information content (AvgIpc) is 3.05. The average molecular weight is 264 g/mol. The molecule has 0 aliphatic heterocycles. The molecule has 19 heavy (non-hydrogen) atoms. The van der Waals surface area contributed by atoms with Crippen LogP contribution in [0.25, 0.3) is 0 Å². The second kappa shape index (κ2) is 6.41. The van der Waals surface area contributed by atoms with Crippen LogP contribution >= 0.6 is 0 Å². The molecule has 104 valence electrons. The zero-order chi connectivity index (χ0) is 13.7. The molecule has 1 aliphatic rings. The molecule has 0 saturated heterocycles. The lowest BCUT2D eigenvalue weighted by Gasteiger charge is -2.23. The van der Waals surface area contributed by atoms with Crippen LogP contribution in [0.4, 0.5) is 0 Å². The summed E-state index contributed by atoms with van der Waals surface area (Å²) in [6.45, 7) is 1.80. The molecule has 2 amide bonds. The summed E-state index contributed by atoms with van der Waals surface area (Å²) in [5, 5.41) is 5.59. The third kappa shape index (κ3) is 3.84. The molecule has 5 heteroatoms. The Kier molecular flexibility index (Phi) is 4.60. The summed E-state index contributed by atoms with van der Waals surface area (Å²) in [6, 6.07) is 3.17. The molecule has 0 unspecified atom stereocenters. The number of rotatable bonds is 5. The smallest absolute Gasteiger partial charge is 0.243 e. The Labute approximate surface area is 112 Å². The lowest BCUT2D eigenvalue weighted by molar-refractivity contribution is -0.129. The van der Waals surface area contributed by atoms with Gasteiger partial charge in [-0.25, -0.2) is 0 Å². The number of amides is 2. The van der Waals surface area contributed by atoms with Gasteiger partial charge in [0.25, 0.3) is 0 Å². The van der Waals surface area contributed by atoms with Crippen molar-refractivity contribution in [1.29, 1.82) is 0 Å². The Balaban J connectivity index is 1.92. The highest BCUT2D eigenvalue weighted by Gasteiger charge is 2.31. The fourth-order valence-electron chi connectivity index (χ4n) is 2.60. The third-order valence-corrected chi connectivity index (χ3v) is 3.53. The van der Waals surface area contributed by atoms with Crippen molar-refractivity contribution >= 4 is 11.8 Å². The van der Waals surface area contributed by atoms with Gasteiger partial charge in [-0.05, 0) is 30.9 Å². The zero-order valence-corrected chi connectivity index (χ0v) is 11.1. The summed E-state index contributed by atoms with van der Waals surface area (Å²) in [4.78, 5) is 23.4. The summed E-state index contributed by atoms with van der Waals surface area (Å²) in [5.41, 5.74) is 0. The Bertz CT molecular complexity index is 422. The van der Waals surface area contributed by atoms with Gasteiger partial charge in [-0.1, -0.05) is 12.8 Å². The van der Waals surface area contributed by atoms with Crippen LogP contribution in [0, 0.1) is 5.92 Å². The monoisotopic (exact) mass is 264 g/mol. The maximum absolute atomic E-state index is 12.2. The van der Waals surface area contributed by atoms with Crippen molar-refractivity contribution in [2.24, 2.45) is 5.92 Å². The molecule has 1 aromatic rings. The second-order valence-corrected chi connectivity index (χ2v) is 5.02. The van der Waals surface area contributed by atoms with Gasteiger partial charge in [0.1, 0.15) is 11.8 Å². The van der Waals surface area contributed by atoms with Gasteiger partial charge < -0.3 is 15.1 Å². The van der Waals surface area contributed by atoms with E-state index in [2.05, 4.69) is 10.6 Å². The molecule has 0 spiro atoms. The summed E-state index contributed by atoms with van der Waals surface area (Å²) >= 11 is 0. The number of furan rings is 1. The molecule has 0 aromatic carbocycles. The summed E-state index contributed by atoms with van der Waals surface area (Å²) in [7, 11) is 0. The van der Waals surface area contributed by atoms with E-state index >= 15 is 0 Å². The molecule has 1 fully saturated rings. The van der Waals surface area contributed by atoms with Crippen LogP contribution in [0.15, 0.2) is 22.8 Å². The largest absolute Gasteiger partial charge is 0.467 e. The third-order valence-electron chi connectivity index (χ3n) is 3.53. The zero-order valence-electron chi connectivity index (χ0n) is 11.1. The first-order valence-electron chi connectivity index (χ1n) is 6.74. The molecule has 1 aliphatic carbocycles. The standard InChI is InChI=1S/C14H20N2O3/c1-10(17)16-13(11-5-2-3-6-11)14(18)15-9-12-7-4-8-19-12/h4,7-8,11,13H,2-3,5-6,9H2,1H3,(H,15,18)(H,16,17)/t13-/m1/s1. The molecule has 1 atom stereocenters. The van der Waals surface area contributed by atoms with Gasteiger partial charge >= 0.3 is 0 Å². The molecular formula is C14H20N2O3. The number of carbonyl (C=O) groups excluding carboxylic acids is 2. The quantitative estimate of drug-likeness (QED) is 0.848. The fraction of sp³-hybridized carbons (Fsp3) is 0.571. The van der Waals surface area contributed by atoms with Crippen molar-refractivity contribution in [2.75, 3.05) is 0 Å². The summed E-state index contributed by atoms with van der Waals surface area (Å²) in [6.07, 6.45) is 5.83. The molecule has 1 aromatic heterocycles. The van der Waals surface area contributed by atoms with E-state index in [0.29, 0.717) is 12.3 Å². The van der Waals surface area contributed by atoms with Gasteiger partial charge in [0.15, 0.2) is 0 Å². The molecule has 5 nitrogen and oxygen atoms in total. The van der Waals surface area contributed by atoms with E-state index in [4.69, 9.17) is 4.42 Å². The van der Waals surface area contributed by atoms with Gasteiger partial charge in [0.2, 0.25) is 11.8 Å².